The van der Waals surface area contributed by atoms with Gasteiger partial charge in [0, 0.05) is 12.1 Å². The highest BCUT2D eigenvalue weighted by Gasteiger charge is 2.50. The van der Waals surface area contributed by atoms with Gasteiger partial charge in [-0.05, 0) is 56.3 Å². The van der Waals surface area contributed by atoms with Gasteiger partial charge in [-0.15, -0.1) is 0 Å². The van der Waals surface area contributed by atoms with E-state index in [1.54, 1.807) is 0 Å². The first-order valence-electron chi connectivity index (χ1n) is 13.8. The topological polar surface area (TPSA) is 151 Å². The lowest BCUT2D eigenvalue weighted by Crippen LogP contribution is -2.62. The van der Waals surface area contributed by atoms with Crippen LogP contribution in [0.1, 0.15) is 94.4 Å². The number of amides is 5. The van der Waals surface area contributed by atoms with E-state index in [0.717, 1.165) is 19.3 Å². The second kappa shape index (κ2) is 11.6. The van der Waals surface area contributed by atoms with E-state index in [0.29, 0.717) is 19.4 Å². The standard InChI is InChI=1S/C28H49N5O5/c1-26(2,3)17-13-14-33(24(37)21(27(4,5)6)31-25(38)32-28(7,8)9)19(17)23(36)30-18(20(34)22(29)35)15-16-11-10-12-16/h16-19,21H,10-15H2,1-9H3,(H2,29,35)(H,30,36)(H2,31,32,38)/t17-,18?,19-,21+/m0/s1. The minimum atomic E-state index is -1.08. The van der Waals surface area contributed by atoms with Crippen LogP contribution in [0.4, 0.5) is 4.79 Å². The lowest BCUT2D eigenvalue weighted by Gasteiger charge is -2.39. The molecule has 1 unspecified atom stereocenters. The summed E-state index contributed by atoms with van der Waals surface area (Å²) in [7, 11) is 0. The number of ketones is 1. The fourth-order valence-electron chi connectivity index (χ4n) is 5.31. The third-order valence-corrected chi connectivity index (χ3v) is 7.61. The van der Waals surface area contributed by atoms with Crippen LogP contribution in [0.25, 0.3) is 0 Å². The van der Waals surface area contributed by atoms with Gasteiger partial charge in [-0.1, -0.05) is 60.8 Å². The number of nitrogens with zero attached hydrogens (tertiary/aromatic N) is 1. The Labute approximate surface area is 227 Å². The van der Waals surface area contributed by atoms with Gasteiger partial charge >= 0.3 is 6.03 Å². The first-order chi connectivity index (χ1) is 17.2. The minimum absolute atomic E-state index is 0.191. The average Bonchev–Trinajstić information content (AvgIpc) is 3.16. The zero-order chi connectivity index (χ0) is 29.2. The molecule has 38 heavy (non-hydrogen) atoms. The first-order valence-corrected chi connectivity index (χ1v) is 13.8. The molecule has 0 bridgehead atoms. The van der Waals surface area contributed by atoms with Crippen LogP contribution in [0.3, 0.4) is 0 Å². The van der Waals surface area contributed by atoms with Gasteiger partial charge in [0.1, 0.15) is 12.1 Å². The molecule has 0 spiro atoms. The summed E-state index contributed by atoms with van der Waals surface area (Å²) < 4.78 is 0. The van der Waals surface area contributed by atoms with Gasteiger partial charge in [0.15, 0.2) is 0 Å². The number of nitrogens with two attached hydrogens (primary N) is 1. The molecule has 1 aliphatic carbocycles. The van der Waals surface area contributed by atoms with Crippen molar-refractivity contribution in [2.24, 2.45) is 28.4 Å². The Balaban J connectivity index is 2.37. The number of carbonyl (C=O) groups is 5. The van der Waals surface area contributed by atoms with Crippen LogP contribution in [0.2, 0.25) is 0 Å². The molecule has 2 aliphatic rings. The van der Waals surface area contributed by atoms with Gasteiger partial charge in [-0.3, -0.25) is 19.2 Å². The van der Waals surface area contributed by atoms with Crippen LogP contribution in [0, 0.1) is 22.7 Å². The molecule has 4 atom stereocenters. The number of carbonyl (C=O) groups excluding carboxylic acids is 5. The van der Waals surface area contributed by atoms with Crippen molar-refractivity contribution in [3.8, 4) is 0 Å². The zero-order valence-electron chi connectivity index (χ0n) is 24.7. The number of Topliss-reactive ketones (excluding diaryl/α,β-unsaturated/α-hetero) is 1. The molecule has 0 aromatic heterocycles. The van der Waals surface area contributed by atoms with E-state index < -0.39 is 52.7 Å². The maximum atomic E-state index is 14.0. The highest BCUT2D eigenvalue weighted by molar-refractivity contribution is 6.37. The maximum absolute atomic E-state index is 14.0. The molecule has 5 N–H and O–H groups in total. The van der Waals surface area contributed by atoms with E-state index in [2.05, 4.69) is 16.0 Å². The Morgan fingerprint density at radius 3 is 1.89 bits per heavy atom. The predicted molar refractivity (Wildman–Crippen MR) is 146 cm³/mol. The molecule has 216 valence electrons. The predicted octanol–water partition coefficient (Wildman–Crippen LogP) is 2.49. The van der Waals surface area contributed by atoms with Crippen LogP contribution in [-0.2, 0) is 19.2 Å². The van der Waals surface area contributed by atoms with Gasteiger partial charge in [0.05, 0.1) is 6.04 Å². The molecule has 1 heterocycles. The summed E-state index contributed by atoms with van der Waals surface area (Å²) >= 11 is 0. The Morgan fingerprint density at radius 1 is 0.895 bits per heavy atom. The summed E-state index contributed by atoms with van der Waals surface area (Å²) in [6.07, 6.45) is 3.87. The van der Waals surface area contributed by atoms with E-state index in [1.807, 2.05) is 62.3 Å². The van der Waals surface area contributed by atoms with Crippen molar-refractivity contribution in [2.45, 2.75) is 118 Å². The summed E-state index contributed by atoms with van der Waals surface area (Å²) in [5, 5.41) is 8.45. The first kappa shape index (κ1) is 31.6. The van der Waals surface area contributed by atoms with E-state index in [-0.39, 0.29) is 23.2 Å². The monoisotopic (exact) mass is 535 g/mol. The highest BCUT2D eigenvalue weighted by Crippen LogP contribution is 2.40. The Bertz CT molecular complexity index is 923. The van der Waals surface area contributed by atoms with Crippen LogP contribution in [0.15, 0.2) is 0 Å². The summed E-state index contributed by atoms with van der Waals surface area (Å²) in [5.74, 6) is -2.67. The van der Waals surface area contributed by atoms with Crippen LogP contribution in [-0.4, -0.2) is 64.6 Å². The Morgan fingerprint density at radius 2 is 1.47 bits per heavy atom. The molecule has 0 radical (unpaired) electrons. The number of hydrogen-bond donors (Lipinski definition) is 4. The molecule has 1 aliphatic heterocycles. The van der Waals surface area contributed by atoms with Gasteiger partial charge < -0.3 is 26.6 Å². The van der Waals surface area contributed by atoms with Crippen molar-refractivity contribution >= 4 is 29.5 Å². The molecule has 10 nitrogen and oxygen atoms in total. The average molecular weight is 536 g/mol. The lowest BCUT2D eigenvalue weighted by molar-refractivity contribution is -0.145. The zero-order valence-corrected chi connectivity index (χ0v) is 24.7. The fraction of sp³-hybridized carbons (Fsp3) is 0.821. The quantitative estimate of drug-likeness (QED) is 0.352. The minimum Gasteiger partial charge on any atom is -0.363 e. The van der Waals surface area contributed by atoms with E-state index in [4.69, 9.17) is 5.73 Å². The third kappa shape index (κ3) is 8.17. The number of rotatable bonds is 8. The smallest absolute Gasteiger partial charge is 0.315 e. The highest BCUT2D eigenvalue weighted by atomic mass is 16.2. The largest absolute Gasteiger partial charge is 0.363 e. The maximum Gasteiger partial charge on any atom is 0.315 e. The van der Waals surface area contributed by atoms with Crippen molar-refractivity contribution in [3.05, 3.63) is 0 Å². The number of hydrogen-bond acceptors (Lipinski definition) is 5. The van der Waals surface area contributed by atoms with Crippen molar-refractivity contribution in [3.63, 3.8) is 0 Å². The van der Waals surface area contributed by atoms with Crippen molar-refractivity contribution < 1.29 is 24.0 Å². The van der Waals surface area contributed by atoms with E-state index in [1.165, 1.54) is 4.90 Å². The van der Waals surface area contributed by atoms with Gasteiger partial charge in [-0.25, -0.2) is 4.79 Å². The summed E-state index contributed by atoms with van der Waals surface area (Å²) in [5.41, 5.74) is 3.85. The van der Waals surface area contributed by atoms with Gasteiger partial charge in [0.2, 0.25) is 17.6 Å². The summed E-state index contributed by atoms with van der Waals surface area (Å²) in [6, 6.07) is -3.23. The lowest BCUT2D eigenvalue weighted by atomic mass is 9.75. The fourth-order valence-corrected chi connectivity index (χ4v) is 5.31. The molecular formula is C28H49N5O5. The Hall–Kier alpha value is -2.65. The molecule has 5 amide bonds. The van der Waals surface area contributed by atoms with E-state index >= 15 is 0 Å². The van der Waals surface area contributed by atoms with Crippen molar-refractivity contribution in [1.29, 1.82) is 0 Å². The molecule has 0 aromatic carbocycles. The van der Waals surface area contributed by atoms with Crippen LogP contribution < -0.4 is 21.7 Å². The molecule has 0 aromatic rings. The Kier molecular flexibility index (Phi) is 9.65. The summed E-state index contributed by atoms with van der Waals surface area (Å²) in [6.45, 7) is 17.5. The third-order valence-electron chi connectivity index (χ3n) is 7.61. The molecular weight excluding hydrogens is 486 g/mol. The normalized spacial score (nSPS) is 22.2. The molecule has 2 rings (SSSR count). The second-order valence-electron chi connectivity index (χ2n) is 14.2. The number of nitrogens with one attached hydrogen (secondary N) is 3. The van der Waals surface area contributed by atoms with Crippen molar-refractivity contribution in [2.75, 3.05) is 6.54 Å². The second-order valence-corrected chi connectivity index (χ2v) is 14.2. The van der Waals surface area contributed by atoms with Crippen LogP contribution in [0.5, 0.6) is 0 Å². The van der Waals surface area contributed by atoms with E-state index in [9.17, 15) is 24.0 Å². The molecule has 10 heteroatoms. The molecule has 1 saturated carbocycles. The molecule has 2 fully saturated rings. The number of likely N-dealkylation sites (tertiary alicyclic amines) is 1. The SMILES string of the molecule is CC(C)(C)NC(=O)N[C@H](C(=O)N1CC[C@H](C(C)(C)C)[C@H]1C(=O)NC(CC1CCC1)C(=O)C(N)=O)C(C)(C)C. The van der Waals surface area contributed by atoms with Crippen molar-refractivity contribution in [1.82, 2.24) is 20.9 Å². The van der Waals surface area contributed by atoms with Crippen LogP contribution >= 0.6 is 0 Å². The molecule has 1 saturated heterocycles. The summed E-state index contributed by atoms with van der Waals surface area (Å²) in [4.78, 5) is 66.4. The van der Waals surface area contributed by atoms with Gasteiger partial charge in [-0.2, -0.15) is 0 Å². The number of urea groups is 1. The van der Waals surface area contributed by atoms with Gasteiger partial charge in [0.25, 0.3) is 5.91 Å². The number of primary amides is 1.